The topological polar surface area (TPSA) is 61.4 Å². The van der Waals surface area contributed by atoms with E-state index in [2.05, 4.69) is 15.3 Å². The number of nitrogens with one attached hydrogen (secondary N) is 1. The SMILES string of the molecule is O=CN1CCN(c2nccc(Nc3cc(C(F)(F)F)ccc3Cl)n2)CC1. The van der Waals surface area contributed by atoms with Crippen LogP contribution >= 0.6 is 11.6 Å². The summed E-state index contributed by atoms with van der Waals surface area (Å²) in [7, 11) is 0. The van der Waals surface area contributed by atoms with Gasteiger partial charge in [-0.2, -0.15) is 18.2 Å². The number of hydrogen-bond donors (Lipinski definition) is 1. The van der Waals surface area contributed by atoms with Crippen molar-refractivity contribution in [3.8, 4) is 0 Å². The Bertz CT molecular complexity index is 794. The van der Waals surface area contributed by atoms with E-state index in [1.54, 1.807) is 11.0 Å². The number of amides is 1. The summed E-state index contributed by atoms with van der Waals surface area (Å²) in [6.45, 7) is 2.27. The van der Waals surface area contributed by atoms with Gasteiger partial charge < -0.3 is 15.1 Å². The van der Waals surface area contributed by atoms with Crippen molar-refractivity contribution in [1.29, 1.82) is 0 Å². The quantitative estimate of drug-likeness (QED) is 0.819. The third-order valence-corrected chi connectivity index (χ3v) is 4.28. The van der Waals surface area contributed by atoms with Crippen molar-refractivity contribution in [2.75, 3.05) is 36.4 Å². The standard InChI is InChI=1S/C16H15ClF3N5O/c17-12-2-1-11(16(18,19)20)9-13(12)22-14-3-4-21-15(23-14)25-7-5-24(10-26)6-8-25/h1-4,9-10H,5-8H2,(H,21,22,23). The maximum atomic E-state index is 12.9. The van der Waals surface area contributed by atoms with E-state index in [0.29, 0.717) is 37.9 Å². The number of halogens is 4. The summed E-state index contributed by atoms with van der Waals surface area (Å²) in [5, 5.41) is 2.96. The van der Waals surface area contributed by atoms with Gasteiger partial charge in [0.05, 0.1) is 16.3 Å². The van der Waals surface area contributed by atoms with Crippen LogP contribution in [-0.2, 0) is 11.0 Å². The van der Waals surface area contributed by atoms with Crippen molar-refractivity contribution in [3.63, 3.8) is 0 Å². The normalized spacial score (nSPS) is 15.1. The molecule has 0 aliphatic carbocycles. The maximum absolute atomic E-state index is 12.9. The van der Waals surface area contributed by atoms with Gasteiger partial charge in [-0.15, -0.1) is 0 Å². The van der Waals surface area contributed by atoms with Crippen LogP contribution in [0.1, 0.15) is 5.56 Å². The molecule has 2 aromatic rings. The summed E-state index contributed by atoms with van der Waals surface area (Å²) in [5.74, 6) is 0.762. The molecule has 138 valence electrons. The number of aromatic nitrogens is 2. The van der Waals surface area contributed by atoms with Gasteiger partial charge >= 0.3 is 6.18 Å². The second-order valence-electron chi connectivity index (χ2n) is 5.69. The lowest BCUT2D eigenvalue weighted by Crippen LogP contribution is -2.46. The van der Waals surface area contributed by atoms with Gasteiger partial charge in [-0.25, -0.2) is 4.98 Å². The highest BCUT2D eigenvalue weighted by Crippen LogP contribution is 2.34. The minimum atomic E-state index is -4.46. The van der Waals surface area contributed by atoms with Crippen LogP contribution in [0.4, 0.5) is 30.6 Å². The maximum Gasteiger partial charge on any atom is 0.416 e. The van der Waals surface area contributed by atoms with Crippen LogP contribution < -0.4 is 10.2 Å². The van der Waals surface area contributed by atoms with E-state index in [1.807, 2.05) is 4.90 Å². The second-order valence-corrected chi connectivity index (χ2v) is 6.09. The number of benzene rings is 1. The average molecular weight is 386 g/mol. The summed E-state index contributed by atoms with van der Waals surface area (Å²) < 4.78 is 38.6. The molecule has 1 fully saturated rings. The molecule has 10 heteroatoms. The van der Waals surface area contributed by atoms with E-state index in [-0.39, 0.29) is 10.7 Å². The van der Waals surface area contributed by atoms with Crippen LogP contribution in [0, 0.1) is 0 Å². The zero-order valence-electron chi connectivity index (χ0n) is 13.5. The zero-order valence-corrected chi connectivity index (χ0v) is 14.3. The molecule has 1 aromatic carbocycles. The summed E-state index contributed by atoms with van der Waals surface area (Å²) in [6, 6.07) is 4.59. The van der Waals surface area contributed by atoms with E-state index in [9.17, 15) is 18.0 Å². The van der Waals surface area contributed by atoms with Crippen LogP contribution in [0.3, 0.4) is 0 Å². The van der Waals surface area contributed by atoms with E-state index < -0.39 is 11.7 Å². The van der Waals surface area contributed by atoms with E-state index in [0.717, 1.165) is 18.5 Å². The smallest absolute Gasteiger partial charge is 0.342 e. The highest BCUT2D eigenvalue weighted by Gasteiger charge is 2.31. The molecule has 0 unspecified atom stereocenters. The summed E-state index contributed by atoms with van der Waals surface area (Å²) in [6.07, 6.45) is -2.15. The number of alkyl halides is 3. The molecule has 0 atom stereocenters. The molecule has 6 nitrogen and oxygen atoms in total. The van der Waals surface area contributed by atoms with Gasteiger partial charge in [-0.1, -0.05) is 11.6 Å². The number of rotatable bonds is 4. The van der Waals surface area contributed by atoms with Gasteiger partial charge in [0.25, 0.3) is 0 Å². The van der Waals surface area contributed by atoms with Gasteiger partial charge in [0, 0.05) is 32.4 Å². The molecule has 1 aromatic heterocycles. The Kier molecular flexibility index (Phi) is 5.17. The van der Waals surface area contributed by atoms with Crippen molar-refractivity contribution in [1.82, 2.24) is 14.9 Å². The average Bonchev–Trinajstić information content (AvgIpc) is 2.63. The Hall–Kier alpha value is -2.55. The number of hydrogen-bond acceptors (Lipinski definition) is 5. The first kappa shape index (κ1) is 18.2. The van der Waals surface area contributed by atoms with Crippen molar-refractivity contribution in [3.05, 3.63) is 41.0 Å². The van der Waals surface area contributed by atoms with Gasteiger partial charge in [0.15, 0.2) is 0 Å². The molecule has 0 bridgehead atoms. The fourth-order valence-corrected chi connectivity index (χ4v) is 2.70. The fraction of sp³-hybridized carbons (Fsp3) is 0.312. The van der Waals surface area contributed by atoms with Crippen LogP contribution in [0.2, 0.25) is 5.02 Å². The Morgan fingerprint density at radius 1 is 1.15 bits per heavy atom. The first-order chi connectivity index (χ1) is 12.4. The molecule has 26 heavy (non-hydrogen) atoms. The van der Waals surface area contributed by atoms with Gasteiger partial charge in [0.2, 0.25) is 12.4 Å². The summed E-state index contributed by atoms with van der Waals surface area (Å²) >= 11 is 5.99. The van der Waals surface area contributed by atoms with E-state index in [4.69, 9.17) is 11.6 Å². The summed E-state index contributed by atoms with van der Waals surface area (Å²) in [5.41, 5.74) is -0.694. The van der Waals surface area contributed by atoms with Crippen molar-refractivity contribution >= 4 is 35.5 Å². The molecule has 1 saturated heterocycles. The molecule has 1 N–H and O–H groups in total. The molecule has 1 amide bonds. The first-order valence-electron chi connectivity index (χ1n) is 7.78. The minimum absolute atomic E-state index is 0.108. The van der Waals surface area contributed by atoms with Crippen molar-refractivity contribution < 1.29 is 18.0 Å². The summed E-state index contributed by atoms with van der Waals surface area (Å²) in [4.78, 5) is 22.8. The minimum Gasteiger partial charge on any atom is -0.342 e. The molecular weight excluding hydrogens is 371 g/mol. The third kappa shape index (κ3) is 4.16. The highest BCUT2D eigenvalue weighted by molar-refractivity contribution is 6.33. The number of nitrogens with zero attached hydrogens (tertiary/aromatic N) is 4. The van der Waals surface area contributed by atoms with Crippen LogP contribution in [0.15, 0.2) is 30.5 Å². The molecule has 0 radical (unpaired) electrons. The molecule has 0 spiro atoms. The van der Waals surface area contributed by atoms with Crippen molar-refractivity contribution in [2.45, 2.75) is 6.18 Å². The Balaban J connectivity index is 1.78. The molecule has 3 rings (SSSR count). The molecule has 2 heterocycles. The predicted molar refractivity (Wildman–Crippen MR) is 91.6 cm³/mol. The Morgan fingerprint density at radius 3 is 2.54 bits per heavy atom. The molecule has 0 saturated carbocycles. The Morgan fingerprint density at radius 2 is 1.88 bits per heavy atom. The first-order valence-corrected chi connectivity index (χ1v) is 8.16. The highest BCUT2D eigenvalue weighted by atomic mass is 35.5. The second kappa shape index (κ2) is 7.36. The van der Waals surface area contributed by atoms with Gasteiger partial charge in [-0.05, 0) is 24.3 Å². The Labute approximate surface area is 152 Å². The fourth-order valence-electron chi connectivity index (χ4n) is 2.53. The molecule has 1 aliphatic rings. The predicted octanol–water partition coefficient (Wildman–Crippen LogP) is 3.17. The van der Waals surface area contributed by atoms with E-state index >= 15 is 0 Å². The lowest BCUT2D eigenvalue weighted by molar-refractivity contribution is -0.137. The molecule has 1 aliphatic heterocycles. The van der Waals surface area contributed by atoms with Gasteiger partial charge in [-0.3, -0.25) is 4.79 Å². The lowest BCUT2D eigenvalue weighted by Gasteiger charge is -2.32. The lowest BCUT2D eigenvalue weighted by atomic mass is 10.2. The number of anilines is 3. The monoisotopic (exact) mass is 385 g/mol. The van der Waals surface area contributed by atoms with Gasteiger partial charge in [0.1, 0.15) is 5.82 Å². The van der Waals surface area contributed by atoms with Crippen LogP contribution in [-0.4, -0.2) is 47.5 Å². The molecular formula is C16H15ClF3N5O. The van der Waals surface area contributed by atoms with E-state index in [1.165, 1.54) is 12.3 Å². The third-order valence-electron chi connectivity index (χ3n) is 3.95. The van der Waals surface area contributed by atoms with Crippen molar-refractivity contribution in [2.24, 2.45) is 0 Å². The van der Waals surface area contributed by atoms with Crippen LogP contribution in [0.25, 0.3) is 0 Å². The zero-order chi connectivity index (χ0) is 18.7. The largest absolute Gasteiger partial charge is 0.416 e. The number of carbonyl (C=O) groups is 1. The number of piperazine rings is 1. The number of carbonyl (C=O) groups excluding carboxylic acids is 1. The van der Waals surface area contributed by atoms with Crippen LogP contribution in [0.5, 0.6) is 0 Å².